The molecule has 0 radical (unpaired) electrons. The predicted molar refractivity (Wildman–Crippen MR) is 72.2 cm³/mol. The smallest absolute Gasteiger partial charge is 0.318 e. The average molecular weight is 272 g/mol. The molecule has 0 heterocycles. The minimum Gasteiger partial charge on any atom is -0.347 e. The molecule has 0 aliphatic carbocycles. The SMILES string of the molecule is CCN(CC)CCNC(=O)C(=O)N(C=O)CCCN. The van der Waals surface area contributed by atoms with Crippen LogP contribution in [0.1, 0.15) is 20.3 Å². The first kappa shape index (κ1) is 17.5. The van der Waals surface area contributed by atoms with E-state index in [9.17, 15) is 14.4 Å². The molecule has 110 valence electrons. The first-order valence-electron chi connectivity index (χ1n) is 6.57. The largest absolute Gasteiger partial charge is 0.347 e. The van der Waals surface area contributed by atoms with Crippen LogP contribution in [0.2, 0.25) is 0 Å². The number of nitrogens with one attached hydrogen (secondary N) is 1. The zero-order chi connectivity index (χ0) is 14.7. The minimum absolute atomic E-state index is 0.169. The number of rotatable bonds is 9. The van der Waals surface area contributed by atoms with Gasteiger partial charge in [0.25, 0.3) is 0 Å². The third-order valence-electron chi connectivity index (χ3n) is 2.79. The summed E-state index contributed by atoms with van der Waals surface area (Å²) in [4.78, 5) is 36.9. The molecule has 0 saturated carbocycles. The summed E-state index contributed by atoms with van der Waals surface area (Å²) in [6.45, 7) is 7.42. The van der Waals surface area contributed by atoms with Crippen LogP contribution in [0.5, 0.6) is 0 Å². The van der Waals surface area contributed by atoms with E-state index in [2.05, 4.69) is 10.2 Å². The Morgan fingerprint density at radius 1 is 1.21 bits per heavy atom. The Bertz CT molecular complexity index is 293. The quantitative estimate of drug-likeness (QED) is 0.405. The van der Waals surface area contributed by atoms with Crippen LogP contribution in [0.25, 0.3) is 0 Å². The van der Waals surface area contributed by atoms with Gasteiger partial charge in [-0.15, -0.1) is 0 Å². The molecule has 0 aromatic carbocycles. The Labute approximate surface area is 114 Å². The van der Waals surface area contributed by atoms with Crippen LogP contribution in [-0.4, -0.2) is 67.3 Å². The molecule has 3 N–H and O–H groups in total. The number of carbonyl (C=O) groups is 3. The molecule has 0 fully saturated rings. The number of amides is 3. The first-order valence-corrected chi connectivity index (χ1v) is 6.57. The standard InChI is InChI=1S/C12H24N4O3/c1-3-15(4-2)9-7-14-11(18)12(19)16(10-17)8-5-6-13/h10H,3-9,13H2,1-2H3,(H,14,18). The highest BCUT2D eigenvalue weighted by atomic mass is 16.2. The number of nitrogens with two attached hydrogens (primary N) is 1. The van der Waals surface area contributed by atoms with E-state index in [1.807, 2.05) is 13.8 Å². The fraction of sp³-hybridized carbons (Fsp3) is 0.750. The van der Waals surface area contributed by atoms with Gasteiger partial charge in [0.1, 0.15) is 0 Å². The van der Waals surface area contributed by atoms with Crippen molar-refractivity contribution in [2.24, 2.45) is 5.73 Å². The van der Waals surface area contributed by atoms with Crippen molar-refractivity contribution in [1.82, 2.24) is 15.1 Å². The Morgan fingerprint density at radius 2 is 1.84 bits per heavy atom. The van der Waals surface area contributed by atoms with Gasteiger partial charge in [-0.3, -0.25) is 19.3 Å². The second-order valence-electron chi connectivity index (χ2n) is 4.03. The van der Waals surface area contributed by atoms with Gasteiger partial charge in [-0.05, 0) is 26.1 Å². The number of nitrogens with zero attached hydrogens (tertiary/aromatic N) is 2. The summed E-state index contributed by atoms with van der Waals surface area (Å²) in [5.41, 5.74) is 5.29. The van der Waals surface area contributed by atoms with Crippen LogP contribution in [0.4, 0.5) is 0 Å². The van der Waals surface area contributed by atoms with Gasteiger partial charge in [-0.2, -0.15) is 0 Å². The summed E-state index contributed by atoms with van der Waals surface area (Å²) >= 11 is 0. The van der Waals surface area contributed by atoms with Gasteiger partial charge in [0.05, 0.1) is 0 Å². The number of hydrogen-bond donors (Lipinski definition) is 2. The Balaban J connectivity index is 4.10. The molecule has 7 heteroatoms. The first-order chi connectivity index (χ1) is 9.10. The summed E-state index contributed by atoms with van der Waals surface area (Å²) in [5, 5.41) is 2.51. The molecule has 0 aliphatic heterocycles. The van der Waals surface area contributed by atoms with Gasteiger partial charge in [0.2, 0.25) is 6.41 Å². The zero-order valence-corrected chi connectivity index (χ0v) is 11.7. The molecule has 0 unspecified atom stereocenters. The van der Waals surface area contributed by atoms with E-state index in [1.165, 1.54) is 0 Å². The van der Waals surface area contributed by atoms with E-state index >= 15 is 0 Å². The van der Waals surface area contributed by atoms with Gasteiger partial charge in [-0.25, -0.2) is 0 Å². The molecule has 0 aliphatic rings. The van der Waals surface area contributed by atoms with Crippen LogP contribution in [0, 0.1) is 0 Å². The highest BCUT2D eigenvalue weighted by Gasteiger charge is 2.20. The van der Waals surface area contributed by atoms with Crippen LogP contribution in [-0.2, 0) is 14.4 Å². The van der Waals surface area contributed by atoms with Crippen molar-refractivity contribution in [3.05, 3.63) is 0 Å². The van der Waals surface area contributed by atoms with Crippen molar-refractivity contribution in [3.8, 4) is 0 Å². The minimum atomic E-state index is -0.831. The van der Waals surface area contributed by atoms with E-state index in [0.717, 1.165) is 18.0 Å². The molecule has 0 atom stereocenters. The van der Waals surface area contributed by atoms with Crippen LogP contribution < -0.4 is 11.1 Å². The molecule has 0 rings (SSSR count). The van der Waals surface area contributed by atoms with Crippen LogP contribution in [0.3, 0.4) is 0 Å². The van der Waals surface area contributed by atoms with Crippen molar-refractivity contribution in [2.45, 2.75) is 20.3 Å². The Morgan fingerprint density at radius 3 is 2.32 bits per heavy atom. The van der Waals surface area contributed by atoms with Crippen LogP contribution >= 0.6 is 0 Å². The zero-order valence-electron chi connectivity index (χ0n) is 11.7. The second kappa shape index (κ2) is 10.5. The lowest BCUT2D eigenvalue weighted by Gasteiger charge is -2.18. The number of carbonyl (C=O) groups excluding carboxylic acids is 3. The van der Waals surface area contributed by atoms with Gasteiger partial charge in [-0.1, -0.05) is 13.8 Å². The third-order valence-corrected chi connectivity index (χ3v) is 2.79. The lowest BCUT2D eigenvalue weighted by molar-refractivity contribution is -0.148. The fourth-order valence-corrected chi connectivity index (χ4v) is 1.54. The van der Waals surface area contributed by atoms with Crippen molar-refractivity contribution in [1.29, 1.82) is 0 Å². The van der Waals surface area contributed by atoms with Crippen molar-refractivity contribution in [2.75, 3.05) is 39.3 Å². The molecule has 3 amide bonds. The maximum atomic E-state index is 11.6. The lowest BCUT2D eigenvalue weighted by Crippen LogP contribution is -2.45. The molecule has 0 spiro atoms. The lowest BCUT2D eigenvalue weighted by atomic mass is 10.3. The molecular weight excluding hydrogens is 248 g/mol. The Hall–Kier alpha value is -1.47. The van der Waals surface area contributed by atoms with Crippen molar-refractivity contribution < 1.29 is 14.4 Å². The topological polar surface area (TPSA) is 95.7 Å². The van der Waals surface area contributed by atoms with Crippen molar-refractivity contribution in [3.63, 3.8) is 0 Å². The van der Waals surface area contributed by atoms with E-state index < -0.39 is 11.8 Å². The highest BCUT2D eigenvalue weighted by molar-refractivity contribution is 6.36. The van der Waals surface area contributed by atoms with Crippen molar-refractivity contribution >= 4 is 18.2 Å². The van der Waals surface area contributed by atoms with E-state index in [4.69, 9.17) is 5.73 Å². The molecule has 0 aromatic rings. The molecule has 7 nitrogen and oxygen atoms in total. The number of imide groups is 1. The Kier molecular flexibility index (Phi) is 9.64. The molecule has 19 heavy (non-hydrogen) atoms. The van der Waals surface area contributed by atoms with E-state index in [-0.39, 0.29) is 6.54 Å². The van der Waals surface area contributed by atoms with E-state index in [0.29, 0.717) is 32.5 Å². The molecular formula is C12H24N4O3. The summed E-state index contributed by atoms with van der Waals surface area (Å²) in [6.07, 6.45) is 0.846. The molecule has 0 bridgehead atoms. The monoisotopic (exact) mass is 272 g/mol. The maximum Gasteiger partial charge on any atom is 0.318 e. The maximum absolute atomic E-state index is 11.6. The van der Waals surface area contributed by atoms with Gasteiger partial charge in [0, 0.05) is 19.6 Å². The summed E-state index contributed by atoms with van der Waals surface area (Å²) in [6, 6.07) is 0. The fourth-order valence-electron chi connectivity index (χ4n) is 1.54. The number of likely N-dealkylation sites (N-methyl/N-ethyl adjacent to an activating group) is 1. The summed E-state index contributed by atoms with van der Waals surface area (Å²) < 4.78 is 0. The second-order valence-corrected chi connectivity index (χ2v) is 4.03. The van der Waals surface area contributed by atoms with Gasteiger partial charge >= 0.3 is 11.8 Å². The predicted octanol–water partition coefficient (Wildman–Crippen LogP) is -1.22. The number of hydrogen-bond acceptors (Lipinski definition) is 5. The highest BCUT2D eigenvalue weighted by Crippen LogP contribution is 1.90. The summed E-state index contributed by atoms with van der Waals surface area (Å²) in [7, 11) is 0. The normalized spacial score (nSPS) is 10.3. The molecule has 0 saturated heterocycles. The van der Waals surface area contributed by atoms with Gasteiger partial charge in [0.15, 0.2) is 0 Å². The van der Waals surface area contributed by atoms with Crippen LogP contribution in [0.15, 0.2) is 0 Å². The van der Waals surface area contributed by atoms with E-state index in [1.54, 1.807) is 0 Å². The average Bonchev–Trinajstić information content (AvgIpc) is 2.43. The third kappa shape index (κ3) is 6.88. The van der Waals surface area contributed by atoms with Gasteiger partial charge < -0.3 is 16.0 Å². The molecule has 0 aromatic heterocycles. The summed E-state index contributed by atoms with van der Waals surface area (Å²) in [5.74, 6) is -1.58.